The van der Waals surface area contributed by atoms with Gasteiger partial charge in [-0.15, -0.1) is 5.10 Å². The van der Waals surface area contributed by atoms with Crippen LogP contribution < -0.4 is 4.90 Å². The molecule has 2 aliphatic heterocycles. The summed E-state index contributed by atoms with van der Waals surface area (Å²) in [5.74, 6) is 0.179. The summed E-state index contributed by atoms with van der Waals surface area (Å²) in [7, 11) is 0. The Kier molecular flexibility index (Phi) is 3.75. The van der Waals surface area contributed by atoms with Crippen LogP contribution in [0.1, 0.15) is 12.8 Å². The molecule has 0 saturated carbocycles. The number of nitrogens with one attached hydrogen (secondary N) is 1. The third-order valence-electron chi connectivity index (χ3n) is 4.78. The van der Waals surface area contributed by atoms with Gasteiger partial charge >= 0.3 is 0 Å². The van der Waals surface area contributed by atoms with Gasteiger partial charge in [0, 0.05) is 45.0 Å². The number of hydrogen-bond acceptors (Lipinski definition) is 5. The quantitative estimate of drug-likeness (QED) is 0.844. The molecule has 2 unspecified atom stereocenters. The smallest absolute Gasteiger partial charge is 0.228 e. The second-order valence-corrected chi connectivity index (χ2v) is 6.43. The predicted molar refractivity (Wildman–Crippen MR) is 83.8 cm³/mol. The van der Waals surface area contributed by atoms with Crippen molar-refractivity contribution >= 4 is 17.5 Å². The average molecular weight is 329 g/mol. The number of H-pyrrole nitrogens is 1. The summed E-state index contributed by atoms with van der Waals surface area (Å²) in [6.07, 6.45) is 8.00. The number of amides is 2. The average Bonchev–Trinajstić information content (AvgIpc) is 3.35. The van der Waals surface area contributed by atoms with E-state index in [0.717, 1.165) is 31.7 Å². The van der Waals surface area contributed by atoms with Crippen molar-refractivity contribution < 1.29 is 9.59 Å². The fraction of sp³-hybridized carbons (Fsp3) is 0.533. The Bertz CT molecular complexity index is 712. The molecule has 2 saturated heterocycles. The Morgan fingerprint density at radius 2 is 2.29 bits per heavy atom. The van der Waals surface area contributed by atoms with Crippen LogP contribution in [-0.4, -0.2) is 61.5 Å². The van der Waals surface area contributed by atoms with Crippen LogP contribution in [0.3, 0.4) is 0 Å². The van der Waals surface area contributed by atoms with Gasteiger partial charge in [0.15, 0.2) is 0 Å². The maximum atomic E-state index is 12.7. The number of likely N-dealkylation sites (tertiary alicyclic amines) is 1. The molecule has 2 aromatic rings. The molecule has 2 atom stereocenters. The third kappa shape index (κ3) is 2.77. The molecule has 2 aromatic heterocycles. The lowest BCUT2D eigenvalue weighted by molar-refractivity contribution is -0.134. The topological polar surface area (TPSA) is 100 Å². The van der Waals surface area contributed by atoms with E-state index in [4.69, 9.17) is 0 Å². The maximum absolute atomic E-state index is 12.7. The van der Waals surface area contributed by atoms with Crippen LogP contribution >= 0.6 is 0 Å². The van der Waals surface area contributed by atoms with E-state index >= 15 is 0 Å². The van der Waals surface area contributed by atoms with Crippen LogP contribution in [0, 0.1) is 11.8 Å². The highest BCUT2D eigenvalue weighted by atomic mass is 16.2. The summed E-state index contributed by atoms with van der Waals surface area (Å²) < 4.78 is 1.80. The zero-order valence-corrected chi connectivity index (χ0v) is 13.2. The van der Waals surface area contributed by atoms with Gasteiger partial charge < -0.3 is 9.80 Å². The fourth-order valence-electron chi connectivity index (χ4n) is 3.55. The molecule has 4 rings (SSSR count). The molecular formula is C15H19N7O2. The van der Waals surface area contributed by atoms with Gasteiger partial charge in [-0.05, 0) is 12.3 Å². The van der Waals surface area contributed by atoms with Gasteiger partial charge in [-0.2, -0.15) is 5.10 Å². The van der Waals surface area contributed by atoms with Crippen molar-refractivity contribution in [3.63, 3.8) is 0 Å². The van der Waals surface area contributed by atoms with Crippen molar-refractivity contribution in [1.82, 2.24) is 30.1 Å². The Hall–Kier alpha value is -2.71. The van der Waals surface area contributed by atoms with E-state index in [-0.39, 0.29) is 24.2 Å². The molecular weight excluding hydrogens is 310 g/mol. The van der Waals surface area contributed by atoms with Crippen LogP contribution in [0.2, 0.25) is 0 Å². The molecule has 0 radical (unpaired) electrons. The first-order valence-electron chi connectivity index (χ1n) is 8.13. The molecule has 0 spiro atoms. The van der Waals surface area contributed by atoms with E-state index in [1.54, 1.807) is 28.2 Å². The first kappa shape index (κ1) is 14.9. The minimum Gasteiger partial charge on any atom is -0.342 e. The summed E-state index contributed by atoms with van der Waals surface area (Å²) in [4.78, 5) is 28.4. The maximum Gasteiger partial charge on any atom is 0.228 e. The minimum absolute atomic E-state index is 0.0203. The fourth-order valence-corrected chi connectivity index (χ4v) is 3.55. The van der Waals surface area contributed by atoms with Gasteiger partial charge in [0.1, 0.15) is 0 Å². The number of anilines is 1. The van der Waals surface area contributed by atoms with Gasteiger partial charge in [0.2, 0.25) is 11.8 Å². The predicted octanol–water partition coefficient (Wildman–Crippen LogP) is -0.0972. The lowest BCUT2D eigenvalue weighted by Gasteiger charge is -2.20. The lowest BCUT2D eigenvalue weighted by atomic mass is 10.1. The monoisotopic (exact) mass is 329 g/mol. The zero-order valence-electron chi connectivity index (χ0n) is 13.2. The molecule has 0 bridgehead atoms. The van der Waals surface area contributed by atoms with Crippen LogP contribution in [0.4, 0.5) is 5.69 Å². The highest BCUT2D eigenvalue weighted by Crippen LogP contribution is 2.27. The van der Waals surface area contributed by atoms with Crippen molar-refractivity contribution in [2.24, 2.45) is 11.8 Å². The number of hydrogen-bond donors (Lipinski definition) is 1. The Labute approximate surface area is 138 Å². The van der Waals surface area contributed by atoms with Crippen LogP contribution in [0.25, 0.3) is 0 Å². The Morgan fingerprint density at radius 1 is 1.38 bits per heavy atom. The van der Waals surface area contributed by atoms with Crippen LogP contribution in [-0.2, 0) is 16.1 Å². The SMILES string of the molecule is O=C(C1CC(=O)N(c2cn[nH]c2)C1)N1CCC(Cn2ccnn2)C1. The normalized spacial score (nSPS) is 24.1. The van der Waals surface area contributed by atoms with E-state index in [9.17, 15) is 9.59 Å². The highest BCUT2D eigenvalue weighted by Gasteiger charge is 2.39. The van der Waals surface area contributed by atoms with Crippen molar-refractivity contribution in [3.8, 4) is 0 Å². The summed E-state index contributed by atoms with van der Waals surface area (Å²) in [5, 5.41) is 14.3. The van der Waals surface area contributed by atoms with Crippen LogP contribution in [0.15, 0.2) is 24.8 Å². The number of rotatable bonds is 4. The van der Waals surface area contributed by atoms with E-state index in [2.05, 4.69) is 20.5 Å². The summed E-state index contributed by atoms with van der Waals surface area (Å²) in [5.41, 5.74) is 0.723. The van der Waals surface area contributed by atoms with Gasteiger partial charge in [0.05, 0.1) is 24.0 Å². The summed E-state index contributed by atoms with van der Waals surface area (Å²) in [6.45, 7) is 2.67. The van der Waals surface area contributed by atoms with Gasteiger partial charge in [-0.1, -0.05) is 5.21 Å². The first-order valence-corrected chi connectivity index (χ1v) is 8.13. The Balaban J connectivity index is 1.36. The molecule has 9 nitrogen and oxygen atoms in total. The number of carbonyl (C=O) groups excluding carboxylic acids is 2. The number of nitrogens with zero attached hydrogens (tertiary/aromatic N) is 6. The lowest BCUT2D eigenvalue weighted by Crippen LogP contribution is -2.36. The largest absolute Gasteiger partial charge is 0.342 e. The molecule has 2 amide bonds. The van der Waals surface area contributed by atoms with E-state index in [1.807, 2.05) is 11.1 Å². The van der Waals surface area contributed by atoms with Gasteiger partial charge in [0.25, 0.3) is 0 Å². The molecule has 4 heterocycles. The van der Waals surface area contributed by atoms with Crippen molar-refractivity contribution in [2.75, 3.05) is 24.5 Å². The van der Waals surface area contributed by atoms with E-state index in [1.165, 1.54) is 0 Å². The second-order valence-electron chi connectivity index (χ2n) is 6.43. The molecule has 24 heavy (non-hydrogen) atoms. The first-order chi connectivity index (χ1) is 11.7. The van der Waals surface area contributed by atoms with E-state index in [0.29, 0.717) is 12.5 Å². The molecule has 2 fully saturated rings. The molecule has 2 aliphatic rings. The zero-order chi connectivity index (χ0) is 16.5. The number of aromatic nitrogens is 5. The molecule has 9 heteroatoms. The van der Waals surface area contributed by atoms with Gasteiger partial charge in [-0.3, -0.25) is 19.4 Å². The molecule has 126 valence electrons. The van der Waals surface area contributed by atoms with Gasteiger partial charge in [-0.25, -0.2) is 0 Å². The highest BCUT2D eigenvalue weighted by molar-refractivity contribution is 6.00. The second kappa shape index (κ2) is 6.06. The van der Waals surface area contributed by atoms with E-state index < -0.39 is 0 Å². The number of carbonyl (C=O) groups is 2. The molecule has 1 N–H and O–H groups in total. The Morgan fingerprint density at radius 3 is 3.04 bits per heavy atom. The van der Waals surface area contributed by atoms with Crippen LogP contribution in [0.5, 0.6) is 0 Å². The standard InChI is InChI=1S/C15H19N7O2/c23-14-5-12(10-22(14)13-6-17-18-7-13)15(24)20-3-1-11(8-20)9-21-4-2-16-19-21/h2,4,6-7,11-12H,1,3,5,8-10H2,(H,17,18). The molecule has 0 aliphatic carbocycles. The summed E-state index contributed by atoms with van der Waals surface area (Å²) in [6, 6.07) is 0. The number of aromatic amines is 1. The third-order valence-corrected chi connectivity index (χ3v) is 4.78. The van der Waals surface area contributed by atoms with Crippen molar-refractivity contribution in [3.05, 3.63) is 24.8 Å². The van der Waals surface area contributed by atoms with Crippen molar-refractivity contribution in [1.29, 1.82) is 0 Å². The van der Waals surface area contributed by atoms with Crippen molar-refractivity contribution in [2.45, 2.75) is 19.4 Å². The minimum atomic E-state index is -0.266. The summed E-state index contributed by atoms with van der Waals surface area (Å²) >= 11 is 0. The molecule has 0 aromatic carbocycles.